The van der Waals surface area contributed by atoms with Crippen LogP contribution in [-0.4, -0.2) is 18.0 Å². The number of carbonyl (C=O) groups excluding carboxylic acids is 1. The monoisotopic (exact) mass is 500 g/mol. The number of halogens is 3. The van der Waals surface area contributed by atoms with Crippen LogP contribution in [-0.2, 0) is 17.4 Å². The minimum Gasteiger partial charge on any atom is -0.497 e. The Hall–Kier alpha value is -3.43. The van der Waals surface area contributed by atoms with E-state index in [1.807, 2.05) is 41.1 Å². The number of alkyl halides is 3. The number of methoxy groups -OCH3 is 1. The third-order valence-corrected chi connectivity index (χ3v) is 6.59. The fraction of sp³-hybridized carbons (Fsp3) is 0.120. The van der Waals surface area contributed by atoms with Crippen LogP contribution in [0.15, 0.2) is 71.4 Å². The number of thiazole rings is 1. The van der Waals surface area contributed by atoms with E-state index in [1.54, 1.807) is 13.2 Å². The van der Waals surface area contributed by atoms with Gasteiger partial charge in [-0.25, -0.2) is 4.98 Å². The molecular weight excluding hydrogens is 481 g/mol. The maximum Gasteiger partial charge on any atom is 0.416 e. The van der Waals surface area contributed by atoms with Crippen molar-refractivity contribution in [3.8, 4) is 17.0 Å². The van der Waals surface area contributed by atoms with Crippen LogP contribution in [0.5, 0.6) is 5.75 Å². The molecule has 0 saturated heterocycles. The lowest BCUT2D eigenvalue weighted by molar-refractivity contribution is -0.137. The maximum absolute atomic E-state index is 12.7. The normalized spacial score (nSPS) is 11.6. The number of benzene rings is 2. The summed E-state index contributed by atoms with van der Waals surface area (Å²) < 4.78 is 43.2. The average Bonchev–Trinajstić information content (AvgIpc) is 3.47. The van der Waals surface area contributed by atoms with Crippen LogP contribution in [0.2, 0.25) is 0 Å². The standard InChI is InChI=1S/C25H19F3N2O2S2/c1-32-20-8-4-18(5-9-20)22-15-34-24(29-22)30-23(31)11-10-21-13-17(14-33-21)12-16-2-6-19(7-3-16)25(26,27)28/h2-11,13-15H,12H2,1H3,(H,29,30,31)/b11-10+. The second-order valence-electron chi connectivity index (χ2n) is 7.32. The van der Waals surface area contributed by atoms with Crippen LogP contribution in [0.25, 0.3) is 17.3 Å². The van der Waals surface area contributed by atoms with Gasteiger partial charge < -0.3 is 4.74 Å². The van der Waals surface area contributed by atoms with Crippen molar-refractivity contribution >= 4 is 39.8 Å². The summed E-state index contributed by atoms with van der Waals surface area (Å²) in [6.07, 6.45) is -0.687. The highest BCUT2D eigenvalue weighted by Gasteiger charge is 2.29. The van der Waals surface area contributed by atoms with Crippen molar-refractivity contribution in [1.29, 1.82) is 0 Å². The van der Waals surface area contributed by atoms with Gasteiger partial charge in [-0.1, -0.05) is 12.1 Å². The summed E-state index contributed by atoms with van der Waals surface area (Å²) in [5.74, 6) is 0.460. The highest BCUT2D eigenvalue weighted by atomic mass is 32.1. The molecule has 0 saturated carbocycles. The first-order valence-corrected chi connectivity index (χ1v) is 11.9. The zero-order valence-electron chi connectivity index (χ0n) is 17.9. The van der Waals surface area contributed by atoms with E-state index in [9.17, 15) is 18.0 Å². The zero-order chi connectivity index (χ0) is 24.1. The van der Waals surface area contributed by atoms with E-state index in [4.69, 9.17) is 4.74 Å². The Morgan fingerprint density at radius 3 is 2.44 bits per heavy atom. The number of anilines is 1. The maximum atomic E-state index is 12.7. The fourth-order valence-corrected chi connectivity index (χ4v) is 4.68. The molecule has 0 atom stereocenters. The first-order valence-electron chi connectivity index (χ1n) is 10.1. The number of thiophene rings is 1. The Bertz CT molecular complexity index is 1290. The molecule has 0 aliphatic rings. The number of nitrogens with zero attached hydrogens (tertiary/aromatic N) is 1. The summed E-state index contributed by atoms with van der Waals surface area (Å²) in [4.78, 5) is 17.6. The molecule has 1 amide bonds. The Labute approximate surface area is 202 Å². The summed E-state index contributed by atoms with van der Waals surface area (Å²) in [6, 6.07) is 14.6. The van der Waals surface area contributed by atoms with Crippen molar-refractivity contribution in [2.45, 2.75) is 12.6 Å². The fourth-order valence-electron chi connectivity index (χ4n) is 3.15. The lowest BCUT2D eigenvalue weighted by Gasteiger charge is -2.07. The number of rotatable bonds is 7. The second kappa shape index (κ2) is 10.2. The van der Waals surface area contributed by atoms with Gasteiger partial charge >= 0.3 is 6.18 Å². The van der Waals surface area contributed by atoms with Gasteiger partial charge in [0.05, 0.1) is 18.4 Å². The highest BCUT2D eigenvalue weighted by molar-refractivity contribution is 7.14. The summed E-state index contributed by atoms with van der Waals surface area (Å²) in [5.41, 5.74) is 2.78. The van der Waals surface area contributed by atoms with Crippen LogP contribution in [0.3, 0.4) is 0 Å². The van der Waals surface area contributed by atoms with Gasteiger partial charge in [0.15, 0.2) is 5.13 Å². The number of nitrogens with one attached hydrogen (secondary N) is 1. The summed E-state index contributed by atoms with van der Waals surface area (Å²) in [7, 11) is 1.61. The number of hydrogen-bond acceptors (Lipinski definition) is 5. The number of hydrogen-bond donors (Lipinski definition) is 1. The van der Waals surface area contributed by atoms with Gasteiger partial charge in [0.2, 0.25) is 5.91 Å². The minimum atomic E-state index is -4.34. The van der Waals surface area contributed by atoms with Gasteiger partial charge in [0.25, 0.3) is 0 Å². The van der Waals surface area contributed by atoms with Gasteiger partial charge in [0.1, 0.15) is 5.75 Å². The van der Waals surface area contributed by atoms with Crippen LogP contribution in [0, 0.1) is 0 Å². The van der Waals surface area contributed by atoms with Crippen molar-refractivity contribution in [3.63, 3.8) is 0 Å². The molecule has 9 heteroatoms. The van der Waals surface area contributed by atoms with E-state index in [1.165, 1.54) is 40.9 Å². The predicted molar refractivity (Wildman–Crippen MR) is 130 cm³/mol. The molecule has 34 heavy (non-hydrogen) atoms. The third-order valence-electron chi connectivity index (χ3n) is 4.88. The molecule has 174 valence electrons. The van der Waals surface area contributed by atoms with Crippen LogP contribution in [0.4, 0.5) is 18.3 Å². The van der Waals surface area contributed by atoms with Gasteiger partial charge in [-0.05, 0) is 71.5 Å². The highest BCUT2D eigenvalue weighted by Crippen LogP contribution is 2.30. The Kier molecular flexibility index (Phi) is 7.14. The van der Waals surface area contributed by atoms with Crippen molar-refractivity contribution in [2.24, 2.45) is 0 Å². The van der Waals surface area contributed by atoms with Crippen molar-refractivity contribution in [2.75, 3.05) is 12.4 Å². The van der Waals surface area contributed by atoms with Gasteiger partial charge in [-0.2, -0.15) is 13.2 Å². The molecule has 0 aliphatic carbocycles. The van der Waals surface area contributed by atoms with Crippen LogP contribution < -0.4 is 10.1 Å². The molecule has 0 fully saturated rings. The minimum absolute atomic E-state index is 0.298. The smallest absolute Gasteiger partial charge is 0.416 e. The van der Waals surface area contributed by atoms with E-state index >= 15 is 0 Å². The molecule has 0 bridgehead atoms. The summed E-state index contributed by atoms with van der Waals surface area (Å²) in [6.45, 7) is 0. The van der Waals surface area contributed by atoms with Gasteiger partial charge in [-0.3, -0.25) is 10.1 Å². The van der Waals surface area contributed by atoms with E-state index in [2.05, 4.69) is 10.3 Å². The van der Waals surface area contributed by atoms with Gasteiger partial charge in [0, 0.05) is 21.9 Å². The largest absolute Gasteiger partial charge is 0.497 e. The first-order chi connectivity index (χ1) is 16.3. The van der Waals surface area contributed by atoms with Crippen LogP contribution >= 0.6 is 22.7 Å². The molecular formula is C25H19F3N2O2S2. The molecule has 4 aromatic rings. The topological polar surface area (TPSA) is 51.2 Å². The zero-order valence-corrected chi connectivity index (χ0v) is 19.6. The molecule has 0 aliphatic heterocycles. The second-order valence-corrected chi connectivity index (χ2v) is 9.12. The summed E-state index contributed by atoms with van der Waals surface area (Å²) >= 11 is 2.79. The molecule has 0 radical (unpaired) electrons. The SMILES string of the molecule is COc1ccc(-c2csc(NC(=O)/C=C/c3cc(Cc4ccc(C(F)(F)F)cc4)cs3)n2)cc1. The molecule has 2 aromatic carbocycles. The Morgan fingerprint density at radius 1 is 1.03 bits per heavy atom. The quantitative estimate of drug-likeness (QED) is 0.274. The number of aromatic nitrogens is 1. The molecule has 2 heterocycles. The predicted octanol–water partition coefficient (Wildman–Crippen LogP) is 7.14. The molecule has 4 nitrogen and oxygen atoms in total. The molecule has 0 unspecified atom stereocenters. The number of ether oxygens (including phenoxy) is 1. The Balaban J connectivity index is 1.33. The molecule has 4 rings (SSSR count). The van der Waals surface area contributed by atoms with E-state index in [-0.39, 0.29) is 5.91 Å². The molecule has 2 aromatic heterocycles. The summed E-state index contributed by atoms with van der Waals surface area (Å²) in [5, 5.41) is 7.05. The van der Waals surface area contributed by atoms with Crippen molar-refractivity contribution < 1.29 is 22.7 Å². The van der Waals surface area contributed by atoms with E-state index in [0.29, 0.717) is 11.6 Å². The van der Waals surface area contributed by atoms with E-state index < -0.39 is 11.7 Å². The lowest BCUT2D eigenvalue weighted by Crippen LogP contribution is -2.07. The van der Waals surface area contributed by atoms with E-state index in [0.717, 1.165) is 45.1 Å². The Morgan fingerprint density at radius 2 is 1.76 bits per heavy atom. The van der Waals surface area contributed by atoms with Gasteiger partial charge in [-0.15, -0.1) is 22.7 Å². The first kappa shape index (κ1) is 23.7. The average molecular weight is 501 g/mol. The molecule has 0 spiro atoms. The number of carbonyl (C=O) groups is 1. The van der Waals surface area contributed by atoms with Crippen molar-refractivity contribution in [1.82, 2.24) is 4.98 Å². The lowest BCUT2D eigenvalue weighted by atomic mass is 10.1. The third kappa shape index (κ3) is 6.12. The van der Waals surface area contributed by atoms with Crippen LogP contribution in [0.1, 0.15) is 21.6 Å². The molecule has 1 N–H and O–H groups in total. The van der Waals surface area contributed by atoms with Crippen molar-refractivity contribution in [3.05, 3.63) is 93.0 Å². The number of amides is 1.